The summed E-state index contributed by atoms with van der Waals surface area (Å²) in [5, 5.41) is 17.5. The largest absolute Gasteiger partial charge is 0.480 e. The van der Waals surface area contributed by atoms with E-state index >= 15 is 0 Å². The molecule has 5 aromatic carbocycles. The molecule has 1 aliphatic carbocycles. The number of hydrogen-bond donors (Lipinski definition) is 2. The number of carbonyl (C=O) groups is 2. The van der Waals surface area contributed by atoms with Gasteiger partial charge in [-0.15, -0.1) is 0 Å². The molecule has 1 heterocycles. The number of benzene rings is 5. The molecule has 1 aromatic heterocycles. The molecule has 1 amide bonds. The predicted octanol–water partition coefficient (Wildman–Crippen LogP) is 7.26. The van der Waals surface area contributed by atoms with Crippen molar-refractivity contribution in [1.82, 2.24) is 15.1 Å². The van der Waals surface area contributed by atoms with Crippen LogP contribution in [0.5, 0.6) is 0 Å². The van der Waals surface area contributed by atoms with E-state index in [1.807, 2.05) is 102 Å². The average Bonchev–Trinajstić information content (AvgIpc) is 3.71. The molecule has 7 rings (SSSR count). The number of carboxylic acid groups (broad SMARTS) is 1. The van der Waals surface area contributed by atoms with E-state index in [4.69, 9.17) is 9.84 Å². The standard InChI is InChI=1S/C40H33N3O4/c44-38(45)37(42-39(46)47-27-36-34-22-12-10-20-32(34)33-21-11-13-23-35(33)36)24-28-25-41-43(26-28)40(29-14-4-1-5-15-29,30-16-6-2-7-17-30)31-18-8-3-9-19-31/h1-23,25-26,36-37H,24,27H2,(H,42,46)(H,44,45)/t37-/m0/s1. The highest BCUT2D eigenvalue weighted by molar-refractivity contribution is 5.81. The number of fused-ring (bicyclic) bond motifs is 3. The summed E-state index contributed by atoms with van der Waals surface area (Å²) in [6, 6.07) is 45.3. The third kappa shape index (κ3) is 5.57. The van der Waals surface area contributed by atoms with Crippen LogP contribution in [0, 0.1) is 0 Å². The van der Waals surface area contributed by atoms with Crippen molar-refractivity contribution in [3.05, 3.63) is 185 Å². The third-order valence-corrected chi connectivity index (χ3v) is 8.93. The SMILES string of the molecule is O=C(N[C@@H](Cc1cnn(C(c2ccccc2)(c2ccccc2)c2ccccc2)c1)C(=O)O)OCC1c2ccccc2-c2ccccc21. The number of ether oxygens (including phenoxy) is 1. The number of rotatable bonds is 10. The van der Waals surface area contributed by atoms with Gasteiger partial charge in [0.15, 0.2) is 0 Å². The van der Waals surface area contributed by atoms with Crippen LogP contribution in [0.2, 0.25) is 0 Å². The second-order valence-electron chi connectivity index (χ2n) is 11.7. The quantitative estimate of drug-likeness (QED) is 0.158. The van der Waals surface area contributed by atoms with Crippen molar-refractivity contribution in [1.29, 1.82) is 0 Å². The molecule has 0 fully saturated rings. The van der Waals surface area contributed by atoms with E-state index in [1.165, 1.54) is 0 Å². The molecule has 7 heteroatoms. The molecule has 7 nitrogen and oxygen atoms in total. The first kappa shape index (κ1) is 29.7. The van der Waals surface area contributed by atoms with Crippen molar-refractivity contribution >= 4 is 12.1 Å². The smallest absolute Gasteiger partial charge is 0.407 e. The van der Waals surface area contributed by atoms with E-state index in [-0.39, 0.29) is 18.9 Å². The van der Waals surface area contributed by atoms with Gasteiger partial charge in [-0.1, -0.05) is 140 Å². The van der Waals surface area contributed by atoms with Crippen LogP contribution in [0.25, 0.3) is 11.1 Å². The van der Waals surface area contributed by atoms with Gasteiger partial charge in [-0.3, -0.25) is 4.68 Å². The molecular formula is C40H33N3O4. The Kier molecular flexibility index (Phi) is 8.11. The highest BCUT2D eigenvalue weighted by atomic mass is 16.5. The molecule has 0 bridgehead atoms. The molecular weight excluding hydrogens is 586 g/mol. The topological polar surface area (TPSA) is 93.5 Å². The van der Waals surface area contributed by atoms with Gasteiger partial charge in [-0.2, -0.15) is 5.10 Å². The number of hydrogen-bond acceptors (Lipinski definition) is 4. The molecule has 1 atom stereocenters. The summed E-state index contributed by atoms with van der Waals surface area (Å²) >= 11 is 0. The van der Waals surface area contributed by atoms with Crippen LogP contribution in [0.1, 0.15) is 39.3 Å². The molecule has 2 N–H and O–H groups in total. The lowest BCUT2D eigenvalue weighted by molar-refractivity contribution is -0.139. The van der Waals surface area contributed by atoms with Gasteiger partial charge in [0.05, 0.1) is 6.20 Å². The molecule has 1 aliphatic rings. The summed E-state index contributed by atoms with van der Waals surface area (Å²) in [5.41, 5.74) is 7.23. The Labute approximate surface area is 273 Å². The molecule has 232 valence electrons. The average molecular weight is 620 g/mol. The second-order valence-corrected chi connectivity index (χ2v) is 11.7. The minimum Gasteiger partial charge on any atom is -0.480 e. The lowest BCUT2D eigenvalue weighted by Gasteiger charge is -2.36. The Bertz CT molecular complexity index is 1870. The first-order chi connectivity index (χ1) is 23.1. The van der Waals surface area contributed by atoms with E-state index in [2.05, 4.69) is 53.8 Å². The fourth-order valence-electron chi connectivity index (χ4n) is 6.80. The summed E-state index contributed by atoms with van der Waals surface area (Å²) in [4.78, 5) is 25.4. The number of aliphatic carboxylic acids is 1. The van der Waals surface area contributed by atoms with Gasteiger partial charge in [0, 0.05) is 18.5 Å². The Balaban J connectivity index is 1.14. The fourth-order valence-corrected chi connectivity index (χ4v) is 6.80. The van der Waals surface area contributed by atoms with Crippen LogP contribution in [0.15, 0.2) is 152 Å². The Hall–Kier alpha value is -5.95. The summed E-state index contributed by atoms with van der Waals surface area (Å²) < 4.78 is 7.54. The van der Waals surface area contributed by atoms with Gasteiger partial charge in [0.2, 0.25) is 0 Å². The molecule has 0 spiro atoms. The first-order valence-corrected chi connectivity index (χ1v) is 15.6. The van der Waals surface area contributed by atoms with Gasteiger partial charge >= 0.3 is 12.1 Å². The van der Waals surface area contributed by atoms with Crippen LogP contribution in [-0.4, -0.2) is 39.6 Å². The van der Waals surface area contributed by atoms with E-state index in [0.29, 0.717) is 5.56 Å². The second kappa shape index (κ2) is 12.8. The van der Waals surface area contributed by atoms with Crippen LogP contribution in [0.3, 0.4) is 0 Å². The van der Waals surface area contributed by atoms with E-state index in [0.717, 1.165) is 38.9 Å². The van der Waals surface area contributed by atoms with Gasteiger partial charge in [-0.25, -0.2) is 9.59 Å². The number of nitrogens with one attached hydrogen (secondary N) is 1. The van der Waals surface area contributed by atoms with Crippen molar-refractivity contribution in [2.24, 2.45) is 0 Å². The van der Waals surface area contributed by atoms with Crippen LogP contribution >= 0.6 is 0 Å². The minimum absolute atomic E-state index is 0.0218. The van der Waals surface area contributed by atoms with Gasteiger partial charge < -0.3 is 15.2 Å². The molecule has 0 aliphatic heterocycles. The molecule has 0 radical (unpaired) electrons. The monoisotopic (exact) mass is 619 g/mol. The van der Waals surface area contributed by atoms with Crippen LogP contribution in [-0.2, 0) is 21.5 Å². The number of amides is 1. The molecule has 6 aromatic rings. The van der Waals surface area contributed by atoms with E-state index in [1.54, 1.807) is 6.20 Å². The zero-order valence-electron chi connectivity index (χ0n) is 25.6. The van der Waals surface area contributed by atoms with Crippen LogP contribution in [0.4, 0.5) is 4.79 Å². The highest BCUT2D eigenvalue weighted by Crippen LogP contribution is 2.44. The lowest BCUT2D eigenvalue weighted by Crippen LogP contribution is -2.43. The number of aromatic nitrogens is 2. The Morgan fingerprint density at radius 2 is 1.19 bits per heavy atom. The van der Waals surface area contributed by atoms with E-state index < -0.39 is 23.6 Å². The van der Waals surface area contributed by atoms with Crippen molar-refractivity contribution in [2.45, 2.75) is 23.9 Å². The summed E-state index contributed by atoms with van der Waals surface area (Å²) in [7, 11) is 0. The highest BCUT2D eigenvalue weighted by Gasteiger charge is 2.39. The molecule has 47 heavy (non-hydrogen) atoms. The maximum absolute atomic E-state index is 13.0. The predicted molar refractivity (Wildman–Crippen MR) is 180 cm³/mol. The zero-order chi connectivity index (χ0) is 32.2. The van der Waals surface area contributed by atoms with Crippen molar-refractivity contribution in [3.8, 4) is 11.1 Å². The summed E-state index contributed by atoms with van der Waals surface area (Å²) in [6.07, 6.45) is 2.77. The first-order valence-electron chi connectivity index (χ1n) is 15.6. The number of nitrogens with zero attached hydrogens (tertiary/aromatic N) is 2. The Morgan fingerprint density at radius 3 is 1.68 bits per heavy atom. The third-order valence-electron chi connectivity index (χ3n) is 8.93. The number of alkyl carbamates (subject to hydrolysis) is 1. The molecule has 0 saturated heterocycles. The van der Waals surface area contributed by atoms with Gasteiger partial charge in [0.25, 0.3) is 0 Å². The van der Waals surface area contributed by atoms with E-state index in [9.17, 15) is 14.7 Å². The Morgan fingerprint density at radius 1 is 0.723 bits per heavy atom. The summed E-state index contributed by atoms with van der Waals surface area (Å²) in [6.45, 7) is 0.0951. The normalized spacial score (nSPS) is 12.9. The zero-order valence-corrected chi connectivity index (χ0v) is 25.6. The van der Waals surface area contributed by atoms with Crippen molar-refractivity contribution < 1.29 is 19.4 Å². The molecule has 0 saturated carbocycles. The fraction of sp³-hybridized carbons (Fsp3) is 0.125. The number of carboxylic acids is 1. The number of carbonyl (C=O) groups excluding carboxylic acids is 1. The maximum Gasteiger partial charge on any atom is 0.407 e. The summed E-state index contributed by atoms with van der Waals surface area (Å²) in [5.74, 6) is -1.29. The van der Waals surface area contributed by atoms with Crippen LogP contribution < -0.4 is 5.32 Å². The minimum atomic E-state index is -1.22. The maximum atomic E-state index is 13.0. The van der Waals surface area contributed by atoms with Crippen molar-refractivity contribution in [3.63, 3.8) is 0 Å². The van der Waals surface area contributed by atoms with Gasteiger partial charge in [0.1, 0.15) is 18.2 Å². The van der Waals surface area contributed by atoms with Gasteiger partial charge in [-0.05, 0) is 44.5 Å². The van der Waals surface area contributed by atoms with Crippen molar-refractivity contribution in [2.75, 3.05) is 6.61 Å². The lowest BCUT2D eigenvalue weighted by atomic mass is 9.77. The molecule has 0 unspecified atom stereocenters.